The summed E-state index contributed by atoms with van der Waals surface area (Å²) in [4.78, 5) is 11.6. The third-order valence-corrected chi connectivity index (χ3v) is 2.13. The van der Waals surface area contributed by atoms with Gasteiger partial charge in [0, 0.05) is 5.69 Å². The number of aromatic amines is 1. The van der Waals surface area contributed by atoms with E-state index in [1.54, 1.807) is 0 Å². The van der Waals surface area contributed by atoms with Crippen molar-refractivity contribution in [1.29, 1.82) is 0 Å². The minimum atomic E-state index is 0.735. The smallest absolute Gasteiger partial charge is 0.179 e. The van der Waals surface area contributed by atoms with Gasteiger partial charge < -0.3 is 4.98 Å². The van der Waals surface area contributed by atoms with E-state index in [1.165, 1.54) is 5.56 Å². The van der Waals surface area contributed by atoms with Gasteiger partial charge in [-0.3, -0.25) is 0 Å². The highest BCUT2D eigenvalue weighted by Gasteiger charge is 2.04. The lowest BCUT2D eigenvalue weighted by molar-refractivity contribution is 1.20. The molecule has 3 nitrogen and oxygen atoms in total. The maximum Gasteiger partial charge on any atom is 0.179 e. The van der Waals surface area contributed by atoms with Crippen LogP contribution in [0.3, 0.4) is 0 Å². The predicted octanol–water partition coefficient (Wildman–Crippen LogP) is 2.34. The fourth-order valence-corrected chi connectivity index (χ4v) is 1.64. The molecule has 0 amide bonds. The van der Waals surface area contributed by atoms with Crippen LogP contribution >= 0.6 is 15.9 Å². The molecule has 0 saturated heterocycles. The number of halogens is 1. The Hall–Kier alpha value is -0.900. The van der Waals surface area contributed by atoms with E-state index in [2.05, 4.69) is 30.9 Å². The van der Waals surface area contributed by atoms with E-state index in [1.807, 2.05) is 19.9 Å². The molecule has 0 fully saturated rings. The number of pyridine rings is 1. The highest BCUT2D eigenvalue weighted by Crippen LogP contribution is 2.17. The Morgan fingerprint density at radius 2 is 2.08 bits per heavy atom. The number of H-pyrrole nitrogens is 1. The van der Waals surface area contributed by atoms with Gasteiger partial charge in [-0.25, -0.2) is 9.97 Å². The average molecular weight is 226 g/mol. The Kier molecular flexibility index (Phi) is 1.65. The number of aromatic nitrogens is 3. The number of fused-ring (bicyclic) bond motifs is 1. The average Bonchev–Trinajstić information content (AvgIpc) is 2.29. The highest BCUT2D eigenvalue weighted by atomic mass is 79.9. The van der Waals surface area contributed by atoms with E-state index in [4.69, 9.17) is 0 Å². The molecular formula is C8H8BrN3. The van der Waals surface area contributed by atoms with Crippen molar-refractivity contribution in [3.05, 3.63) is 22.1 Å². The largest absolute Gasteiger partial charge is 0.331 e. The molecule has 4 heteroatoms. The SMILES string of the molecule is Cc1cc(C)c2[nH]c(Br)nc2n1. The molecule has 2 aromatic heterocycles. The molecule has 1 N–H and O–H groups in total. The standard InChI is InChI=1S/C8H8BrN3/c1-4-3-5(2)10-7-6(4)11-8(9)12-7/h3H,1-2H3,(H,10,11,12). The summed E-state index contributed by atoms with van der Waals surface area (Å²) in [5, 5.41) is 0. The van der Waals surface area contributed by atoms with Crippen molar-refractivity contribution in [3.63, 3.8) is 0 Å². The molecule has 12 heavy (non-hydrogen) atoms. The number of hydrogen-bond donors (Lipinski definition) is 1. The molecule has 0 aromatic carbocycles. The lowest BCUT2D eigenvalue weighted by atomic mass is 10.2. The van der Waals surface area contributed by atoms with Gasteiger partial charge in [-0.05, 0) is 41.4 Å². The second-order valence-corrected chi connectivity index (χ2v) is 3.56. The maximum absolute atomic E-state index is 4.28. The van der Waals surface area contributed by atoms with Gasteiger partial charge >= 0.3 is 0 Å². The van der Waals surface area contributed by atoms with Crippen molar-refractivity contribution in [2.45, 2.75) is 13.8 Å². The number of nitrogens with one attached hydrogen (secondary N) is 1. The number of rotatable bonds is 0. The lowest BCUT2D eigenvalue weighted by Gasteiger charge is -1.95. The van der Waals surface area contributed by atoms with Crippen LogP contribution < -0.4 is 0 Å². The number of nitrogens with zero attached hydrogens (tertiary/aromatic N) is 2. The second-order valence-electron chi connectivity index (χ2n) is 2.81. The highest BCUT2D eigenvalue weighted by molar-refractivity contribution is 9.10. The molecule has 0 saturated carbocycles. The van der Waals surface area contributed by atoms with Gasteiger partial charge in [0.25, 0.3) is 0 Å². The van der Waals surface area contributed by atoms with Crippen molar-refractivity contribution in [2.75, 3.05) is 0 Å². The van der Waals surface area contributed by atoms with Gasteiger partial charge in [-0.1, -0.05) is 0 Å². The third kappa shape index (κ3) is 1.12. The Morgan fingerprint density at radius 3 is 2.83 bits per heavy atom. The molecular weight excluding hydrogens is 218 g/mol. The molecule has 2 heterocycles. The summed E-state index contributed by atoms with van der Waals surface area (Å²) in [6, 6.07) is 2.03. The maximum atomic E-state index is 4.28. The Bertz CT molecular complexity index is 433. The van der Waals surface area contributed by atoms with Gasteiger partial charge in [0.2, 0.25) is 0 Å². The van der Waals surface area contributed by atoms with Crippen LogP contribution in [0.5, 0.6) is 0 Å². The first-order valence-corrected chi connectivity index (χ1v) is 4.45. The van der Waals surface area contributed by atoms with E-state index in [0.29, 0.717) is 0 Å². The number of hydrogen-bond acceptors (Lipinski definition) is 2. The minimum Gasteiger partial charge on any atom is -0.331 e. The van der Waals surface area contributed by atoms with Crippen LogP contribution in [0.1, 0.15) is 11.3 Å². The summed E-state index contributed by atoms with van der Waals surface area (Å²) in [6.45, 7) is 4.01. The zero-order valence-corrected chi connectivity index (χ0v) is 8.44. The summed E-state index contributed by atoms with van der Waals surface area (Å²) in [5.74, 6) is 0. The van der Waals surface area contributed by atoms with Gasteiger partial charge in [-0.2, -0.15) is 0 Å². The van der Waals surface area contributed by atoms with Crippen LogP contribution in [-0.4, -0.2) is 15.0 Å². The first kappa shape index (κ1) is 7.73. The van der Waals surface area contributed by atoms with Crippen molar-refractivity contribution in [1.82, 2.24) is 15.0 Å². The molecule has 0 aliphatic heterocycles. The quantitative estimate of drug-likeness (QED) is 0.748. The summed E-state index contributed by atoms with van der Waals surface area (Å²) in [7, 11) is 0. The molecule has 0 unspecified atom stereocenters. The van der Waals surface area contributed by atoms with Crippen LogP contribution in [0, 0.1) is 13.8 Å². The first-order valence-electron chi connectivity index (χ1n) is 3.66. The van der Waals surface area contributed by atoms with Gasteiger partial charge in [0.15, 0.2) is 10.4 Å². The number of imidazole rings is 1. The molecule has 2 rings (SSSR count). The predicted molar refractivity (Wildman–Crippen MR) is 51.1 cm³/mol. The van der Waals surface area contributed by atoms with E-state index in [9.17, 15) is 0 Å². The third-order valence-electron chi connectivity index (χ3n) is 1.76. The van der Waals surface area contributed by atoms with E-state index in [0.717, 1.165) is 21.6 Å². The van der Waals surface area contributed by atoms with Crippen LogP contribution in [0.15, 0.2) is 10.8 Å². The van der Waals surface area contributed by atoms with Crippen LogP contribution in [0.4, 0.5) is 0 Å². The van der Waals surface area contributed by atoms with E-state index >= 15 is 0 Å². The molecule has 62 valence electrons. The lowest BCUT2D eigenvalue weighted by Crippen LogP contribution is -1.85. The zero-order chi connectivity index (χ0) is 8.72. The summed E-state index contributed by atoms with van der Waals surface area (Å²) >= 11 is 3.28. The minimum absolute atomic E-state index is 0.735. The molecule has 0 spiro atoms. The van der Waals surface area contributed by atoms with Crippen molar-refractivity contribution >= 4 is 27.1 Å². The van der Waals surface area contributed by atoms with Crippen LogP contribution in [-0.2, 0) is 0 Å². The summed E-state index contributed by atoms with van der Waals surface area (Å²) < 4.78 is 0.735. The Morgan fingerprint density at radius 1 is 1.33 bits per heavy atom. The van der Waals surface area contributed by atoms with Crippen molar-refractivity contribution in [2.24, 2.45) is 0 Å². The van der Waals surface area contributed by atoms with Gasteiger partial charge in [0.1, 0.15) is 0 Å². The fraction of sp³-hybridized carbons (Fsp3) is 0.250. The first-order chi connectivity index (χ1) is 5.66. The molecule has 0 atom stereocenters. The van der Waals surface area contributed by atoms with Crippen LogP contribution in [0.25, 0.3) is 11.2 Å². The molecule has 0 aliphatic carbocycles. The second kappa shape index (κ2) is 2.55. The Balaban J connectivity index is 2.88. The normalized spacial score (nSPS) is 10.9. The summed E-state index contributed by atoms with van der Waals surface area (Å²) in [6.07, 6.45) is 0. The van der Waals surface area contributed by atoms with E-state index < -0.39 is 0 Å². The van der Waals surface area contributed by atoms with Gasteiger partial charge in [-0.15, -0.1) is 0 Å². The topological polar surface area (TPSA) is 41.6 Å². The Labute approximate surface area is 78.4 Å². The number of aryl methyl sites for hydroxylation is 2. The molecule has 2 aromatic rings. The zero-order valence-electron chi connectivity index (χ0n) is 6.85. The van der Waals surface area contributed by atoms with E-state index in [-0.39, 0.29) is 0 Å². The summed E-state index contributed by atoms with van der Waals surface area (Å²) in [5.41, 5.74) is 3.96. The molecule has 0 aliphatic rings. The monoisotopic (exact) mass is 225 g/mol. The van der Waals surface area contributed by atoms with Gasteiger partial charge in [0.05, 0.1) is 5.52 Å². The van der Waals surface area contributed by atoms with Crippen LogP contribution in [0.2, 0.25) is 0 Å². The molecule has 0 radical (unpaired) electrons. The molecule has 0 bridgehead atoms. The van der Waals surface area contributed by atoms with Crippen molar-refractivity contribution < 1.29 is 0 Å². The van der Waals surface area contributed by atoms with Crippen molar-refractivity contribution in [3.8, 4) is 0 Å². The fourth-order valence-electron chi connectivity index (χ4n) is 1.28.